The molecule has 1 aliphatic rings. The molecule has 0 atom stereocenters. The van der Waals surface area contributed by atoms with E-state index in [9.17, 15) is 0 Å². The topological polar surface area (TPSA) is 25.4 Å². The first kappa shape index (κ1) is 16.6. The lowest BCUT2D eigenvalue weighted by atomic mass is 10.1. The molecule has 1 aliphatic heterocycles. The number of benzene rings is 2. The van der Waals surface area contributed by atoms with E-state index in [0.29, 0.717) is 6.10 Å². The summed E-state index contributed by atoms with van der Waals surface area (Å²) < 4.78 is 7.61. The van der Waals surface area contributed by atoms with Crippen LogP contribution in [0.5, 0.6) is 5.75 Å². The Hall–Kier alpha value is -1.91. The van der Waals surface area contributed by atoms with Crippen molar-refractivity contribution in [3.05, 3.63) is 58.6 Å². The van der Waals surface area contributed by atoms with Crippen LogP contribution in [-0.4, -0.2) is 36.1 Å². The largest absolute Gasteiger partial charge is 0.490 e. The number of likely N-dealkylation sites (tertiary alicyclic amines) is 1. The van der Waals surface area contributed by atoms with E-state index in [1.165, 1.54) is 15.8 Å². The minimum atomic E-state index is 0.329. The second-order valence-corrected chi connectivity index (χ2v) is 8.10. The van der Waals surface area contributed by atoms with E-state index in [0.717, 1.165) is 48.6 Å². The van der Waals surface area contributed by atoms with E-state index in [4.69, 9.17) is 9.72 Å². The molecule has 2 heterocycles. The average molecular weight is 353 g/mol. The van der Waals surface area contributed by atoms with Crippen molar-refractivity contribution in [3.8, 4) is 5.75 Å². The molecule has 4 rings (SSSR count). The van der Waals surface area contributed by atoms with Crippen molar-refractivity contribution in [2.45, 2.75) is 32.3 Å². The number of nitrogens with zero attached hydrogens (tertiary/aromatic N) is 2. The zero-order valence-corrected chi connectivity index (χ0v) is 15.7. The fraction of sp³-hybridized carbons (Fsp3) is 0.381. The molecule has 3 nitrogen and oxygen atoms in total. The Labute approximate surface area is 153 Å². The Balaban J connectivity index is 1.53. The zero-order valence-electron chi connectivity index (χ0n) is 14.9. The SMILES string of the molecule is Cc1ccc2sc(Cc3ccccc3OC3CCN(C)CC3)nc2c1. The minimum absolute atomic E-state index is 0.329. The van der Waals surface area contributed by atoms with Crippen LogP contribution in [0.2, 0.25) is 0 Å². The molecule has 0 unspecified atom stereocenters. The Kier molecular flexibility index (Phi) is 4.73. The molecule has 1 aromatic heterocycles. The number of fused-ring (bicyclic) bond motifs is 1. The van der Waals surface area contributed by atoms with Crippen molar-refractivity contribution in [2.75, 3.05) is 20.1 Å². The highest BCUT2D eigenvalue weighted by molar-refractivity contribution is 7.18. The maximum Gasteiger partial charge on any atom is 0.123 e. The first-order chi connectivity index (χ1) is 12.2. The highest BCUT2D eigenvalue weighted by atomic mass is 32.1. The molecular weight excluding hydrogens is 328 g/mol. The summed E-state index contributed by atoms with van der Waals surface area (Å²) in [6.45, 7) is 4.34. The number of thiazole rings is 1. The molecule has 0 amide bonds. The molecule has 0 aliphatic carbocycles. The van der Waals surface area contributed by atoms with Gasteiger partial charge in [0.15, 0.2) is 0 Å². The first-order valence-electron chi connectivity index (χ1n) is 8.96. The third-order valence-corrected chi connectivity index (χ3v) is 5.90. The number of hydrogen-bond acceptors (Lipinski definition) is 4. The molecule has 0 radical (unpaired) electrons. The number of para-hydroxylation sites is 1. The van der Waals surface area contributed by atoms with Gasteiger partial charge >= 0.3 is 0 Å². The summed E-state index contributed by atoms with van der Waals surface area (Å²) in [4.78, 5) is 7.19. The fourth-order valence-corrected chi connectivity index (χ4v) is 4.34. The van der Waals surface area contributed by atoms with Crippen molar-refractivity contribution in [3.63, 3.8) is 0 Å². The maximum absolute atomic E-state index is 6.35. The predicted molar refractivity (Wildman–Crippen MR) is 105 cm³/mol. The fourth-order valence-electron chi connectivity index (χ4n) is 3.37. The maximum atomic E-state index is 6.35. The lowest BCUT2D eigenvalue weighted by Gasteiger charge is -2.29. The van der Waals surface area contributed by atoms with Gasteiger partial charge in [-0.2, -0.15) is 0 Å². The number of aryl methyl sites for hydroxylation is 1. The third-order valence-electron chi connectivity index (χ3n) is 4.86. The van der Waals surface area contributed by atoms with Gasteiger partial charge in [0, 0.05) is 25.1 Å². The second kappa shape index (κ2) is 7.14. The number of aromatic nitrogens is 1. The van der Waals surface area contributed by atoms with Crippen LogP contribution in [0.1, 0.15) is 29.0 Å². The summed E-state index contributed by atoms with van der Waals surface area (Å²) in [6.07, 6.45) is 3.37. The van der Waals surface area contributed by atoms with E-state index < -0.39 is 0 Å². The Morgan fingerprint density at radius 1 is 1.16 bits per heavy atom. The molecule has 0 saturated carbocycles. The van der Waals surface area contributed by atoms with Crippen molar-refractivity contribution >= 4 is 21.6 Å². The molecule has 130 valence electrons. The van der Waals surface area contributed by atoms with Crippen LogP contribution in [0.3, 0.4) is 0 Å². The van der Waals surface area contributed by atoms with Crippen molar-refractivity contribution < 1.29 is 4.74 Å². The summed E-state index contributed by atoms with van der Waals surface area (Å²) in [5, 5.41) is 1.15. The van der Waals surface area contributed by atoms with Crippen molar-refractivity contribution in [2.24, 2.45) is 0 Å². The van der Waals surface area contributed by atoms with Gasteiger partial charge in [-0.25, -0.2) is 4.98 Å². The Morgan fingerprint density at radius 2 is 1.96 bits per heavy atom. The molecule has 0 spiro atoms. The highest BCUT2D eigenvalue weighted by Gasteiger charge is 2.19. The van der Waals surface area contributed by atoms with E-state index in [1.807, 2.05) is 0 Å². The van der Waals surface area contributed by atoms with Gasteiger partial charge in [-0.15, -0.1) is 11.3 Å². The standard InChI is InChI=1S/C21H24N2OS/c1-15-7-8-20-18(13-15)22-21(25-20)14-16-5-3-4-6-19(16)24-17-9-11-23(2)12-10-17/h3-8,13,17H,9-12,14H2,1-2H3. The third kappa shape index (κ3) is 3.86. The molecule has 0 N–H and O–H groups in total. The summed E-state index contributed by atoms with van der Waals surface area (Å²) in [5.74, 6) is 1.02. The van der Waals surface area contributed by atoms with E-state index >= 15 is 0 Å². The van der Waals surface area contributed by atoms with Crippen LogP contribution in [0.15, 0.2) is 42.5 Å². The molecule has 3 aromatic rings. The van der Waals surface area contributed by atoms with Crippen LogP contribution in [0.4, 0.5) is 0 Å². The van der Waals surface area contributed by atoms with Gasteiger partial charge in [0.05, 0.1) is 15.2 Å². The lowest BCUT2D eigenvalue weighted by Crippen LogP contribution is -2.35. The summed E-state index contributed by atoms with van der Waals surface area (Å²) in [6, 6.07) is 14.9. The molecule has 25 heavy (non-hydrogen) atoms. The molecule has 2 aromatic carbocycles. The van der Waals surface area contributed by atoms with Gasteiger partial charge in [0.1, 0.15) is 11.9 Å². The lowest BCUT2D eigenvalue weighted by molar-refractivity contribution is 0.113. The molecule has 1 fully saturated rings. The summed E-state index contributed by atoms with van der Waals surface area (Å²) >= 11 is 1.78. The second-order valence-electron chi connectivity index (χ2n) is 6.98. The number of ether oxygens (including phenoxy) is 1. The van der Waals surface area contributed by atoms with E-state index in [-0.39, 0.29) is 0 Å². The van der Waals surface area contributed by atoms with E-state index in [2.05, 4.69) is 61.3 Å². The average Bonchev–Trinajstić information content (AvgIpc) is 3.00. The van der Waals surface area contributed by atoms with E-state index in [1.54, 1.807) is 11.3 Å². The van der Waals surface area contributed by atoms with Gasteiger partial charge < -0.3 is 9.64 Å². The predicted octanol–water partition coefficient (Wildman–Crippen LogP) is 4.67. The van der Waals surface area contributed by atoms with Gasteiger partial charge in [-0.3, -0.25) is 0 Å². The molecular formula is C21H24N2OS. The monoisotopic (exact) mass is 352 g/mol. The minimum Gasteiger partial charge on any atom is -0.490 e. The first-order valence-corrected chi connectivity index (χ1v) is 9.78. The van der Waals surface area contributed by atoms with Crippen molar-refractivity contribution in [1.82, 2.24) is 9.88 Å². The van der Waals surface area contributed by atoms with Crippen LogP contribution < -0.4 is 4.74 Å². The van der Waals surface area contributed by atoms with Crippen LogP contribution in [0, 0.1) is 6.92 Å². The van der Waals surface area contributed by atoms with Crippen molar-refractivity contribution in [1.29, 1.82) is 0 Å². The Bertz CT molecular complexity index is 865. The van der Waals surface area contributed by atoms with Crippen LogP contribution in [-0.2, 0) is 6.42 Å². The number of hydrogen-bond donors (Lipinski definition) is 0. The quantitative estimate of drug-likeness (QED) is 0.682. The van der Waals surface area contributed by atoms with Crippen LogP contribution in [0.25, 0.3) is 10.2 Å². The Morgan fingerprint density at radius 3 is 2.80 bits per heavy atom. The van der Waals surface area contributed by atoms with Gasteiger partial charge in [-0.1, -0.05) is 24.3 Å². The van der Waals surface area contributed by atoms with Gasteiger partial charge in [-0.05, 0) is 50.6 Å². The zero-order chi connectivity index (χ0) is 17.2. The van der Waals surface area contributed by atoms with Gasteiger partial charge in [0.25, 0.3) is 0 Å². The summed E-state index contributed by atoms with van der Waals surface area (Å²) in [5.41, 5.74) is 3.60. The number of rotatable bonds is 4. The molecule has 4 heteroatoms. The number of piperidine rings is 1. The van der Waals surface area contributed by atoms with Crippen LogP contribution >= 0.6 is 11.3 Å². The molecule has 1 saturated heterocycles. The molecule has 0 bridgehead atoms. The highest BCUT2D eigenvalue weighted by Crippen LogP contribution is 2.29. The smallest absolute Gasteiger partial charge is 0.123 e. The summed E-state index contributed by atoms with van der Waals surface area (Å²) in [7, 11) is 2.18. The normalized spacial score (nSPS) is 16.4. The van der Waals surface area contributed by atoms with Gasteiger partial charge in [0.2, 0.25) is 0 Å².